The zero-order valence-electron chi connectivity index (χ0n) is 16.1. The number of nitrogens with one attached hydrogen (secondary N) is 1. The first-order valence-electron chi connectivity index (χ1n) is 9.69. The molecule has 2 heterocycles. The first-order valence-corrected chi connectivity index (χ1v) is 9.69. The van der Waals surface area contributed by atoms with Crippen molar-refractivity contribution in [3.8, 4) is 17.2 Å². The van der Waals surface area contributed by atoms with Gasteiger partial charge in [-0.3, -0.25) is 0 Å². The van der Waals surface area contributed by atoms with E-state index in [1.54, 1.807) is 6.07 Å². The number of hydrogen-bond acceptors (Lipinski definition) is 5. The lowest BCUT2D eigenvalue weighted by molar-refractivity contribution is 0.174. The van der Waals surface area contributed by atoms with Crippen LogP contribution >= 0.6 is 0 Å². The summed E-state index contributed by atoms with van der Waals surface area (Å²) in [6.07, 6.45) is 0. The Morgan fingerprint density at radius 3 is 2.64 bits per heavy atom. The number of benzene rings is 2. The van der Waals surface area contributed by atoms with E-state index in [-0.39, 0.29) is 6.79 Å². The molecule has 1 fully saturated rings. The number of aliphatic imine (C=N–C) groups is 1. The summed E-state index contributed by atoms with van der Waals surface area (Å²) in [4.78, 5) is 9.30. The maximum atomic E-state index is 10.1. The molecule has 0 amide bonds. The summed E-state index contributed by atoms with van der Waals surface area (Å²) >= 11 is 0. The van der Waals surface area contributed by atoms with Gasteiger partial charge in [-0.05, 0) is 36.8 Å². The Labute approximate surface area is 165 Å². The second-order valence-corrected chi connectivity index (χ2v) is 6.82. The van der Waals surface area contributed by atoms with E-state index in [9.17, 15) is 5.11 Å². The van der Waals surface area contributed by atoms with Crippen molar-refractivity contribution < 1.29 is 14.6 Å². The van der Waals surface area contributed by atoms with E-state index in [1.807, 2.05) is 36.4 Å². The molecule has 148 valence electrons. The highest BCUT2D eigenvalue weighted by molar-refractivity contribution is 5.80. The molecule has 2 aromatic rings. The van der Waals surface area contributed by atoms with Crippen LogP contribution in [0.2, 0.25) is 0 Å². The number of rotatable bonds is 4. The summed E-state index contributed by atoms with van der Waals surface area (Å²) in [6.45, 7) is 7.14. The first kappa shape index (κ1) is 18.3. The number of ether oxygens (including phenoxy) is 2. The van der Waals surface area contributed by atoms with Gasteiger partial charge in [-0.2, -0.15) is 0 Å². The molecule has 7 heteroatoms. The summed E-state index contributed by atoms with van der Waals surface area (Å²) < 4.78 is 10.8. The Hall–Kier alpha value is -3.09. The summed E-state index contributed by atoms with van der Waals surface area (Å²) in [5.41, 5.74) is 1.98. The predicted molar refractivity (Wildman–Crippen MR) is 109 cm³/mol. The van der Waals surface area contributed by atoms with Crippen LogP contribution in [-0.2, 0) is 6.54 Å². The third-order valence-corrected chi connectivity index (χ3v) is 4.98. The van der Waals surface area contributed by atoms with E-state index < -0.39 is 0 Å². The van der Waals surface area contributed by atoms with Crippen LogP contribution in [0.4, 0.5) is 5.69 Å². The van der Waals surface area contributed by atoms with Crippen molar-refractivity contribution in [2.45, 2.75) is 13.5 Å². The number of fused-ring (bicyclic) bond motifs is 1. The van der Waals surface area contributed by atoms with Crippen LogP contribution in [0.15, 0.2) is 47.5 Å². The van der Waals surface area contributed by atoms with Gasteiger partial charge >= 0.3 is 0 Å². The van der Waals surface area contributed by atoms with E-state index in [1.165, 1.54) is 0 Å². The van der Waals surface area contributed by atoms with E-state index in [2.05, 4.69) is 22.0 Å². The summed E-state index contributed by atoms with van der Waals surface area (Å²) in [5.74, 6) is 2.82. The molecule has 2 aliphatic rings. The topological polar surface area (TPSA) is 69.6 Å². The van der Waals surface area contributed by atoms with Gasteiger partial charge in [-0.15, -0.1) is 0 Å². The molecule has 0 atom stereocenters. The fourth-order valence-electron chi connectivity index (χ4n) is 3.52. The SMILES string of the molecule is CCNC(=NCc1ccc2c(c1)OCO2)N1CCN(c2ccccc2O)CC1. The fourth-order valence-corrected chi connectivity index (χ4v) is 3.52. The smallest absolute Gasteiger partial charge is 0.231 e. The third-order valence-electron chi connectivity index (χ3n) is 4.98. The zero-order chi connectivity index (χ0) is 19.3. The Bertz CT molecular complexity index is 847. The van der Waals surface area contributed by atoms with Crippen molar-refractivity contribution in [3.05, 3.63) is 48.0 Å². The number of para-hydroxylation sites is 2. The van der Waals surface area contributed by atoms with Gasteiger partial charge < -0.3 is 29.7 Å². The number of phenols is 1. The van der Waals surface area contributed by atoms with E-state index in [4.69, 9.17) is 14.5 Å². The molecule has 2 aliphatic heterocycles. The average Bonchev–Trinajstić information content (AvgIpc) is 3.20. The van der Waals surface area contributed by atoms with Gasteiger partial charge in [0.1, 0.15) is 5.75 Å². The normalized spacial score (nSPS) is 16.4. The van der Waals surface area contributed by atoms with Crippen LogP contribution in [0.25, 0.3) is 0 Å². The number of hydrogen-bond donors (Lipinski definition) is 2. The maximum Gasteiger partial charge on any atom is 0.231 e. The lowest BCUT2D eigenvalue weighted by atomic mass is 10.2. The van der Waals surface area contributed by atoms with Gasteiger partial charge in [0.15, 0.2) is 17.5 Å². The highest BCUT2D eigenvalue weighted by Gasteiger charge is 2.21. The minimum absolute atomic E-state index is 0.284. The number of piperazine rings is 1. The van der Waals surface area contributed by atoms with E-state index >= 15 is 0 Å². The van der Waals surface area contributed by atoms with Crippen molar-refractivity contribution in [2.75, 3.05) is 44.4 Å². The monoisotopic (exact) mass is 382 g/mol. The number of guanidine groups is 1. The molecular weight excluding hydrogens is 356 g/mol. The quantitative estimate of drug-likeness (QED) is 0.625. The Morgan fingerprint density at radius 1 is 1.07 bits per heavy atom. The van der Waals surface area contributed by atoms with E-state index in [0.717, 1.165) is 61.4 Å². The molecule has 2 aromatic carbocycles. The fraction of sp³-hybridized carbons (Fsp3) is 0.381. The van der Waals surface area contributed by atoms with Crippen molar-refractivity contribution in [1.82, 2.24) is 10.2 Å². The Balaban J connectivity index is 1.41. The molecule has 0 unspecified atom stereocenters. The molecule has 7 nitrogen and oxygen atoms in total. The molecule has 0 aromatic heterocycles. The molecule has 0 saturated carbocycles. The van der Waals surface area contributed by atoms with Crippen molar-refractivity contribution in [2.24, 2.45) is 4.99 Å². The number of nitrogens with zero attached hydrogens (tertiary/aromatic N) is 3. The van der Waals surface area contributed by atoms with Gasteiger partial charge in [0.05, 0.1) is 12.2 Å². The number of aromatic hydroxyl groups is 1. The standard InChI is InChI=1S/C21H26N4O3/c1-2-22-21(23-14-16-7-8-19-20(13-16)28-15-27-19)25-11-9-24(10-12-25)17-5-3-4-6-18(17)26/h3-8,13,26H,2,9-12,14-15H2,1H3,(H,22,23). The zero-order valence-corrected chi connectivity index (χ0v) is 16.1. The van der Waals surface area contributed by atoms with Gasteiger partial charge in [0, 0.05) is 32.7 Å². The van der Waals surface area contributed by atoms with Crippen molar-refractivity contribution in [3.63, 3.8) is 0 Å². The van der Waals surface area contributed by atoms with Crippen LogP contribution < -0.4 is 19.7 Å². The Kier molecular flexibility index (Phi) is 5.41. The van der Waals surface area contributed by atoms with E-state index in [0.29, 0.717) is 12.3 Å². The molecule has 4 rings (SSSR count). The Morgan fingerprint density at radius 2 is 1.86 bits per heavy atom. The minimum atomic E-state index is 0.284. The second kappa shape index (κ2) is 8.29. The molecule has 1 saturated heterocycles. The average molecular weight is 382 g/mol. The molecule has 28 heavy (non-hydrogen) atoms. The second-order valence-electron chi connectivity index (χ2n) is 6.82. The lowest BCUT2D eigenvalue weighted by Crippen LogP contribution is -2.52. The maximum absolute atomic E-state index is 10.1. The minimum Gasteiger partial charge on any atom is -0.506 e. The lowest BCUT2D eigenvalue weighted by Gasteiger charge is -2.37. The van der Waals surface area contributed by atoms with Crippen LogP contribution in [0.1, 0.15) is 12.5 Å². The predicted octanol–water partition coefficient (Wildman–Crippen LogP) is 2.41. The van der Waals surface area contributed by atoms with Crippen molar-refractivity contribution in [1.29, 1.82) is 0 Å². The van der Waals surface area contributed by atoms with Gasteiger partial charge in [-0.1, -0.05) is 18.2 Å². The number of anilines is 1. The number of phenolic OH excluding ortho intramolecular Hbond substituents is 1. The largest absolute Gasteiger partial charge is 0.506 e. The van der Waals surface area contributed by atoms with Gasteiger partial charge in [-0.25, -0.2) is 4.99 Å². The van der Waals surface area contributed by atoms with Crippen molar-refractivity contribution >= 4 is 11.6 Å². The highest BCUT2D eigenvalue weighted by atomic mass is 16.7. The van der Waals surface area contributed by atoms with Crippen LogP contribution in [0.5, 0.6) is 17.2 Å². The molecular formula is C21H26N4O3. The van der Waals surface area contributed by atoms with Gasteiger partial charge in [0.2, 0.25) is 6.79 Å². The van der Waals surface area contributed by atoms with Gasteiger partial charge in [0.25, 0.3) is 0 Å². The summed E-state index contributed by atoms with van der Waals surface area (Å²) in [6, 6.07) is 13.5. The third kappa shape index (κ3) is 3.93. The molecule has 0 bridgehead atoms. The summed E-state index contributed by atoms with van der Waals surface area (Å²) in [5, 5.41) is 13.5. The van der Waals surface area contributed by atoms with Crippen LogP contribution in [0.3, 0.4) is 0 Å². The first-order chi connectivity index (χ1) is 13.7. The molecule has 0 spiro atoms. The summed E-state index contributed by atoms with van der Waals surface area (Å²) in [7, 11) is 0. The van der Waals surface area contributed by atoms with Crippen LogP contribution in [0, 0.1) is 0 Å². The van der Waals surface area contributed by atoms with Crippen LogP contribution in [-0.4, -0.2) is 55.5 Å². The highest BCUT2D eigenvalue weighted by Crippen LogP contribution is 2.32. The molecule has 0 radical (unpaired) electrons. The molecule has 0 aliphatic carbocycles. The molecule has 2 N–H and O–H groups in total.